The first-order chi connectivity index (χ1) is 1.91. The van der Waals surface area contributed by atoms with Gasteiger partial charge >= 0.3 is 0 Å². The van der Waals surface area contributed by atoms with Crippen molar-refractivity contribution >= 4 is 8.05 Å². The van der Waals surface area contributed by atoms with Crippen LogP contribution >= 0.6 is 0 Å². The molecule has 3 heteroatoms. The van der Waals surface area contributed by atoms with Crippen molar-refractivity contribution in [2.75, 3.05) is 6.73 Å². The van der Waals surface area contributed by atoms with E-state index in [1.165, 1.54) is 0 Å². The first kappa shape index (κ1) is 3.98. The normalized spacial score (nSPS) is 7.25. The van der Waals surface area contributed by atoms with E-state index < -0.39 is 0 Å². The SMILES string of the molecule is [B]OCN. The fraction of sp³-hybridized carbons (Fsp3) is 1.00. The van der Waals surface area contributed by atoms with Gasteiger partial charge in [-0.05, 0) is 0 Å². The lowest BCUT2D eigenvalue weighted by molar-refractivity contribution is 0.363. The maximum absolute atomic E-state index is 4.68. The van der Waals surface area contributed by atoms with E-state index in [0.717, 1.165) is 0 Å². The minimum Gasteiger partial charge on any atom is -0.436 e. The van der Waals surface area contributed by atoms with Gasteiger partial charge in [0.15, 0.2) is 0 Å². The van der Waals surface area contributed by atoms with E-state index in [0.29, 0.717) is 0 Å². The van der Waals surface area contributed by atoms with Gasteiger partial charge in [0.05, 0.1) is 6.73 Å². The summed E-state index contributed by atoms with van der Waals surface area (Å²) in [5.41, 5.74) is 4.68. The molecule has 0 spiro atoms. The molecule has 0 atom stereocenters. The van der Waals surface area contributed by atoms with Gasteiger partial charge < -0.3 is 10.4 Å². The number of nitrogens with two attached hydrogens (primary N) is 1. The molecule has 0 saturated carbocycles. The summed E-state index contributed by atoms with van der Waals surface area (Å²) in [7, 11) is 4.40. The Labute approximate surface area is 26.4 Å². The molecule has 0 saturated heterocycles. The van der Waals surface area contributed by atoms with Crippen molar-refractivity contribution in [3.63, 3.8) is 0 Å². The van der Waals surface area contributed by atoms with E-state index in [1.54, 1.807) is 0 Å². The lowest BCUT2D eigenvalue weighted by Crippen LogP contribution is -1.99. The van der Waals surface area contributed by atoms with Gasteiger partial charge in [-0.3, -0.25) is 0 Å². The predicted octanol–water partition coefficient (Wildman–Crippen LogP) is -0.997. The van der Waals surface area contributed by atoms with Gasteiger partial charge in [-0.15, -0.1) is 0 Å². The summed E-state index contributed by atoms with van der Waals surface area (Å²) in [5, 5.41) is 0. The van der Waals surface area contributed by atoms with Crippen LogP contribution < -0.4 is 5.73 Å². The van der Waals surface area contributed by atoms with E-state index in [-0.39, 0.29) is 6.73 Å². The molecule has 0 rings (SSSR count). The molecule has 2 nitrogen and oxygen atoms in total. The highest BCUT2D eigenvalue weighted by Gasteiger charge is 1.51. The zero-order valence-corrected chi connectivity index (χ0v) is 2.27. The van der Waals surface area contributed by atoms with Crippen molar-refractivity contribution in [1.82, 2.24) is 0 Å². The number of rotatable bonds is 1. The highest BCUT2D eigenvalue weighted by molar-refractivity contribution is 5.97. The van der Waals surface area contributed by atoms with E-state index in [4.69, 9.17) is 0 Å². The number of hydrogen-bond acceptors (Lipinski definition) is 2. The summed E-state index contributed by atoms with van der Waals surface area (Å²) >= 11 is 0. The Morgan fingerprint density at radius 3 is 2.25 bits per heavy atom. The largest absolute Gasteiger partial charge is 0.436 e. The second kappa shape index (κ2) is 2.98. The van der Waals surface area contributed by atoms with Gasteiger partial charge in [0, 0.05) is 0 Å². The van der Waals surface area contributed by atoms with Crippen molar-refractivity contribution in [2.45, 2.75) is 0 Å². The Bertz CT molecular complexity index is 10.0. The highest BCUT2D eigenvalue weighted by Crippen LogP contribution is 1.37. The molecule has 2 radical (unpaired) electrons. The minimum absolute atomic E-state index is 0.0972. The molecule has 0 unspecified atom stereocenters. The van der Waals surface area contributed by atoms with Crippen LogP contribution in [0.5, 0.6) is 0 Å². The van der Waals surface area contributed by atoms with Gasteiger partial charge in [-0.25, -0.2) is 0 Å². The van der Waals surface area contributed by atoms with Crippen LogP contribution in [0.15, 0.2) is 0 Å². The van der Waals surface area contributed by atoms with Crippen LogP contribution in [0.25, 0.3) is 0 Å². The predicted molar refractivity (Wildman–Crippen MR) is 15.9 cm³/mol. The second-order valence-electron chi connectivity index (χ2n) is 0.333. The zero-order chi connectivity index (χ0) is 3.41. The highest BCUT2D eigenvalue weighted by atomic mass is 16.4. The molecular weight excluding hydrogens is 52.8 g/mol. The second-order valence-corrected chi connectivity index (χ2v) is 0.333. The topological polar surface area (TPSA) is 35.2 Å². The summed E-state index contributed by atoms with van der Waals surface area (Å²) in [6, 6.07) is 0. The Kier molecular flexibility index (Phi) is 2.97. The van der Waals surface area contributed by atoms with Gasteiger partial charge in [0.1, 0.15) is 0 Å². The fourth-order valence-corrected chi connectivity index (χ4v) is 0. The maximum Gasteiger partial charge on any atom is 0.284 e. The van der Waals surface area contributed by atoms with Crippen LogP contribution in [0.3, 0.4) is 0 Å². The van der Waals surface area contributed by atoms with Gasteiger partial charge in [-0.1, -0.05) is 0 Å². The van der Waals surface area contributed by atoms with E-state index in [9.17, 15) is 0 Å². The average Bonchev–Trinajstić information content (AvgIpc) is 1.37. The lowest BCUT2D eigenvalue weighted by Gasteiger charge is -1.78. The molecule has 0 aliphatic heterocycles. The van der Waals surface area contributed by atoms with Crippen molar-refractivity contribution < 1.29 is 4.65 Å². The summed E-state index contributed by atoms with van der Waals surface area (Å²) < 4.78 is 3.82. The molecular formula is CH4BNO. The van der Waals surface area contributed by atoms with E-state index in [1.807, 2.05) is 0 Å². The van der Waals surface area contributed by atoms with Crippen LogP contribution in [0.1, 0.15) is 0 Å². The molecule has 0 amide bonds. The monoisotopic (exact) mass is 57.0 g/mol. The van der Waals surface area contributed by atoms with Crippen LogP contribution in [0.2, 0.25) is 0 Å². The van der Waals surface area contributed by atoms with Gasteiger partial charge in [0.25, 0.3) is 8.05 Å². The van der Waals surface area contributed by atoms with Crippen LogP contribution in [0, 0.1) is 0 Å². The summed E-state index contributed by atoms with van der Waals surface area (Å²) in [4.78, 5) is 0. The Morgan fingerprint density at radius 2 is 2.25 bits per heavy atom. The summed E-state index contributed by atoms with van der Waals surface area (Å²) in [5.74, 6) is 0. The van der Waals surface area contributed by atoms with Crippen molar-refractivity contribution in [3.05, 3.63) is 0 Å². The first-order valence-electron chi connectivity index (χ1n) is 0.933. The fourth-order valence-electron chi connectivity index (χ4n) is 0. The van der Waals surface area contributed by atoms with Crippen molar-refractivity contribution in [3.8, 4) is 0 Å². The number of hydrogen-bond donors (Lipinski definition) is 1. The molecule has 4 heavy (non-hydrogen) atoms. The Morgan fingerprint density at radius 1 is 2.00 bits per heavy atom. The van der Waals surface area contributed by atoms with Crippen LogP contribution in [-0.4, -0.2) is 14.8 Å². The molecule has 0 bridgehead atoms. The molecule has 22 valence electrons. The maximum atomic E-state index is 4.68. The Hall–Kier alpha value is -0.0151. The minimum atomic E-state index is 0.0972. The lowest BCUT2D eigenvalue weighted by atomic mass is 10.6. The molecule has 0 aliphatic carbocycles. The Balaban J connectivity index is 1.97. The van der Waals surface area contributed by atoms with Crippen molar-refractivity contribution in [2.24, 2.45) is 5.73 Å². The molecule has 0 aromatic carbocycles. The summed E-state index contributed by atoms with van der Waals surface area (Å²) in [6.07, 6.45) is 0. The van der Waals surface area contributed by atoms with Crippen LogP contribution in [-0.2, 0) is 4.65 Å². The summed E-state index contributed by atoms with van der Waals surface area (Å²) in [6.45, 7) is 0.0972. The van der Waals surface area contributed by atoms with Crippen LogP contribution in [0.4, 0.5) is 0 Å². The smallest absolute Gasteiger partial charge is 0.284 e. The standard InChI is InChI=1S/CH4BNO/c2-4-1-3/h1,3H2. The quantitative estimate of drug-likeness (QED) is 0.309. The van der Waals surface area contributed by atoms with E-state index >= 15 is 0 Å². The first-order valence-corrected chi connectivity index (χ1v) is 0.933. The van der Waals surface area contributed by atoms with Gasteiger partial charge in [0.2, 0.25) is 0 Å². The average molecular weight is 56.9 g/mol. The van der Waals surface area contributed by atoms with Crippen molar-refractivity contribution in [1.29, 1.82) is 0 Å². The molecule has 0 heterocycles. The zero-order valence-electron chi connectivity index (χ0n) is 2.27. The third kappa shape index (κ3) is 1.98. The third-order valence-corrected chi connectivity index (χ3v) is 0.0962. The molecule has 0 fully saturated rings. The molecule has 0 aromatic rings. The molecule has 2 N–H and O–H groups in total. The molecule has 0 aliphatic rings. The third-order valence-electron chi connectivity index (χ3n) is 0.0962. The van der Waals surface area contributed by atoms with Gasteiger partial charge in [-0.2, -0.15) is 0 Å². The van der Waals surface area contributed by atoms with E-state index in [2.05, 4.69) is 18.4 Å². The molecule has 0 aromatic heterocycles.